The van der Waals surface area contributed by atoms with E-state index < -0.39 is 0 Å². The number of carbonyl (C=O) groups is 1. The maximum atomic E-state index is 12.2. The van der Waals surface area contributed by atoms with E-state index in [1.54, 1.807) is 30.7 Å². The topological polar surface area (TPSA) is 34.9 Å². The van der Waals surface area contributed by atoms with Crippen LogP contribution in [0, 0.1) is 0 Å². The highest BCUT2D eigenvalue weighted by molar-refractivity contribution is 6.33. The van der Waals surface area contributed by atoms with Gasteiger partial charge in [0, 0.05) is 28.7 Å². The molecule has 0 amide bonds. The van der Waals surface area contributed by atoms with Crippen LogP contribution in [0.15, 0.2) is 90.5 Å². The third kappa shape index (κ3) is 4.09. The Morgan fingerprint density at radius 3 is 2.42 bits per heavy atom. The molecule has 0 saturated carbocycles. The van der Waals surface area contributed by atoms with Gasteiger partial charge in [-0.15, -0.1) is 0 Å². The van der Waals surface area contributed by atoms with Crippen molar-refractivity contribution in [3.63, 3.8) is 0 Å². The first kappa shape index (κ1) is 16.0. The normalized spacial score (nSPS) is 11.8. The maximum Gasteiger partial charge on any atom is 0.185 e. The lowest BCUT2D eigenvalue weighted by Crippen LogP contribution is -1.96. The fourth-order valence-corrected chi connectivity index (χ4v) is 2.41. The van der Waals surface area contributed by atoms with Crippen LogP contribution in [0.5, 0.6) is 0 Å². The van der Waals surface area contributed by atoms with Crippen molar-refractivity contribution >= 4 is 23.5 Å². The van der Waals surface area contributed by atoms with Crippen LogP contribution in [-0.2, 0) is 0 Å². The molecule has 1 heterocycles. The van der Waals surface area contributed by atoms with Gasteiger partial charge >= 0.3 is 0 Å². The lowest BCUT2D eigenvalue weighted by molar-refractivity contribution is 0.104. The second kappa shape index (κ2) is 7.57. The van der Waals surface area contributed by atoms with Crippen molar-refractivity contribution in [2.75, 3.05) is 0 Å². The van der Waals surface area contributed by atoms with Crippen molar-refractivity contribution < 1.29 is 4.79 Å². The van der Waals surface area contributed by atoms with Gasteiger partial charge in [0.25, 0.3) is 0 Å². The number of allylic oxidation sites excluding steroid dienone is 3. The van der Waals surface area contributed by atoms with Crippen molar-refractivity contribution in [2.24, 2.45) is 0 Å². The Morgan fingerprint density at radius 2 is 1.75 bits per heavy atom. The van der Waals surface area contributed by atoms with Crippen LogP contribution in [-0.4, -0.2) is 15.3 Å². The number of aromatic nitrogens is 2. The number of rotatable bonds is 5. The van der Waals surface area contributed by atoms with Crippen LogP contribution < -0.4 is 0 Å². The Morgan fingerprint density at radius 1 is 1.00 bits per heavy atom. The van der Waals surface area contributed by atoms with Crippen LogP contribution >= 0.6 is 11.6 Å². The Bertz CT molecular complexity index is 864. The van der Waals surface area contributed by atoms with Gasteiger partial charge in [-0.1, -0.05) is 41.9 Å². The average Bonchev–Trinajstić information content (AvgIpc) is 3.15. The van der Waals surface area contributed by atoms with E-state index in [4.69, 9.17) is 11.6 Å². The second-order valence-corrected chi connectivity index (χ2v) is 5.59. The molecule has 0 atom stereocenters. The van der Waals surface area contributed by atoms with Crippen LogP contribution in [0.3, 0.4) is 0 Å². The first-order valence-corrected chi connectivity index (χ1v) is 7.83. The van der Waals surface area contributed by atoms with Crippen LogP contribution in [0.25, 0.3) is 11.8 Å². The largest absolute Gasteiger partial charge is 0.306 e. The van der Waals surface area contributed by atoms with Crippen molar-refractivity contribution in [1.29, 1.82) is 0 Å². The standard InChI is InChI=1S/C20H15ClN2O/c21-18(14-16-4-2-1-3-5-16)8-11-20(24)17-6-9-19(10-7-17)23-13-12-22-15-23/h1-15H/b11-8+,18-14-. The Kier molecular flexibility index (Phi) is 5.04. The zero-order valence-electron chi connectivity index (χ0n) is 12.8. The molecule has 0 aliphatic heterocycles. The van der Waals surface area contributed by atoms with Gasteiger partial charge < -0.3 is 4.57 Å². The number of imidazole rings is 1. The van der Waals surface area contributed by atoms with Gasteiger partial charge in [0.2, 0.25) is 0 Å². The molecule has 24 heavy (non-hydrogen) atoms. The summed E-state index contributed by atoms with van der Waals surface area (Å²) < 4.78 is 1.88. The second-order valence-electron chi connectivity index (χ2n) is 5.15. The van der Waals surface area contributed by atoms with Crippen molar-refractivity contribution in [3.05, 3.63) is 102 Å². The van der Waals surface area contributed by atoms with Crippen molar-refractivity contribution in [2.45, 2.75) is 0 Å². The van der Waals surface area contributed by atoms with Gasteiger partial charge in [0.15, 0.2) is 5.78 Å². The summed E-state index contributed by atoms with van der Waals surface area (Å²) in [6.45, 7) is 0. The van der Waals surface area contributed by atoms with Crippen LogP contribution in [0.2, 0.25) is 0 Å². The third-order valence-electron chi connectivity index (χ3n) is 3.45. The first-order valence-electron chi connectivity index (χ1n) is 7.45. The number of benzene rings is 2. The van der Waals surface area contributed by atoms with Gasteiger partial charge in [-0.2, -0.15) is 0 Å². The maximum absolute atomic E-state index is 12.2. The minimum Gasteiger partial charge on any atom is -0.306 e. The summed E-state index contributed by atoms with van der Waals surface area (Å²) in [6.07, 6.45) is 10.2. The minimum atomic E-state index is -0.0909. The molecule has 1 aromatic heterocycles. The van der Waals surface area contributed by atoms with Gasteiger partial charge in [0.05, 0.1) is 6.33 Å². The van der Waals surface area contributed by atoms with Gasteiger partial charge in [-0.05, 0) is 48.1 Å². The molecule has 4 heteroatoms. The molecule has 2 aromatic carbocycles. The number of ketones is 1. The summed E-state index contributed by atoms with van der Waals surface area (Å²) in [5.41, 5.74) is 2.55. The van der Waals surface area contributed by atoms with E-state index in [9.17, 15) is 4.79 Å². The van der Waals surface area contributed by atoms with Crippen molar-refractivity contribution in [1.82, 2.24) is 9.55 Å². The van der Waals surface area contributed by atoms with E-state index in [0.29, 0.717) is 10.6 Å². The van der Waals surface area contributed by atoms with E-state index in [1.807, 2.05) is 59.3 Å². The van der Waals surface area contributed by atoms with E-state index in [0.717, 1.165) is 11.3 Å². The molecular formula is C20H15ClN2O. The molecule has 0 bridgehead atoms. The molecule has 0 aliphatic carbocycles. The molecular weight excluding hydrogens is 320 g/mol. The highest BCUT2D eigenvalue weighted by Crippen LogP contribution is 2.13. The predicted molar refractivity (Wildman–Crippen MR) is 97.3 cm³/mol. The number of hydrogen-bond acceptors (Lipinski definition) is 2. The van der Waals surface area contributed by atoms with Gasteiger partial charge in [0.1, 0.15) is 0 Å². The molecule has 3 aromatic rings. The minimum absolute atomic E-state index is 0.0909. The zero-order chi connectivity index (χ0) is 16.8. The molecule has 3 rings (SSSR count). The summed E-state index contributed by atoms with van der Waals surface area (Å²) >= 11 is 6.15. The van der Waals surface area contributed by atoms with E-state index in [-0.39, 0.29) is 5.78 Å². The number of nitrogens with zero attached hydrogens (tertiary/aromatic N) is 2. The summed E-state index contributed by atoms with van der Waals surface area (Å²) in [5.74, 6) is -0.0909. The van der Waals surface area contributed by atoms with Gasteiger partial charge in [-0.3, -0.25) is 4.79 Å². The smallest absolute Gasteiger partial charge is 0.185 e. The van der Waals surface area contributed by atoms with Gasteiger partial charge in [-0.25, -0.2) is 4.98 Å². The quantitative estimate of drug-likeness (QED) is 0.378. The lowest BCUT2D eigenvalue weighted by Gasteiger charge is -2.02. The highest BCUT2D eigenvalue weighted by atomic mass is 35.5. The molecule has 0 fully saturated rings. The van der Waals surface area contributed by atoms with E-state index in [1.165, 1.54) is 6.08 Å². The zero-order valence-corrected chi connectivity index (χ0v) is 13.6. The summed E-state index contributed by atoms with van der Waals surface area (Å²) in [6, 6.07) is 17.1. The molecule has 0 spiro atoms. The van der Waals surface area contributed by atoms with E-state index in [2.05, 4.69) is 4.98 Å². The molecule has 118 valence electrons. The summed E-state index contributed by atoms with van der Waals surface area (Å²) in [7, 11) is 0. The predicted octanol–water partition coefficient (Wildman–Crippen LogP) is 4.89. The van der Waals surface area contributed by atoms with Crippen LogP contribution in [0.1, 0.15) is 15.9 Å². The Labute approximate surface area is 145 Å². The first-order chi connectivity index (χ1) is 11.7. The fraction of sp³-hybridized carbons (Fsp3) is 0. The monoisotopic (exact) mass is 334 g/mol. The SMILES string of the molecule is O=C(/C=C/C(Cl)=C/c1ccccc1)c1ccc(-n2ccnc2)cc1. The number of carbonyl (C=O) groups excluding carboxylic acids is 1. The lowest BCUT2D eigenvalue weighted by atomic mass is 10.1. The van der Waals surface area contributed by atoms with Crippen molar-refractivity contribution in [3.8, 4) is 5.69 Å². The highest BCUT2D eigenvalue weighted by Gasteiger charge is 2.02. The number of halogens is 1. The molecule has 0 unspecified atom stereocenters. The third-order valence-corrected chi connectivity index (χ3v) is 3.69. The molecule has 0 saturated heterocycles. The van der Waals surface area contributed by atoms with E-state index >= 15 is 0 Å². The molecule has 0 aliphatic rings. The summed E-state index contributed by atoms with van der Waals surface area (Å²) in [4.78, 5) is 16.2. The summed E-state index contributed by atoms with van der Waals surface area (Å²) in [5, 5.41) is 0.504. The number of hydrogen-bond donors (Lipinski definition) is 0. The molecule has 0 radical (unpaired) electrons. The average molecular weight is 335 g/mol. The van der Waals surface area contributed by atoms with Crippen LogP contribution in [0.4, 0.5) is 0 Å². The Hall–Kier alpha value is -2.91. The fourth-order valence-electron chi connectivity index (χ4n) is 2.22. The Balaban J connectivity index is 1.69. The molecule has 0 N–H and O–H groups in total. The molecule has 3 nitrogen and oxygen atoms in total.